The van der Waals surface area contributed by atoms with Gasteiger partial charge < -0.3 is 4.42 Å². The van der Waals surface area contributed by atoms with Gasteiger partial charge in [0.2, 0.25) is 0 Å². The molecule has 0 aliphatic carbocycles. The largest absolute Gasteiger partial charge is 0.455 e. The van der Waals surface area contributed by atoms with E-state index in [4.69, 9.17) is 4.42 Å². The molecule has 1 N–H and O–H groups in total. The van der Waals surface area contributed by atoms with Crippen molar-refractivity contribution < 1.29 is 9.21 Å². The summed E-state index contributed by atoms with van der Waals surface area (Å²) in [5, 5.41) is 3.97. The average Bonchev–Trinajstić information content (AvgIpc) is 3.03. The summed E-state index contributed by atoms with van der Waals surface area (Å²) >= 11 is 3.55. The van der Waals surface area contributed by atoms with E-state index in [-0.39, 0.29) is 5.91 Å². The number of halogens is 1. The molecule has 0 saturated carbocycles. The van der Waals surface area contributed by atoms with Crippen molar-refractivity contribution in [3.8, 4) is 11.3 Å². The van der Waals surface area contributed by atoms with Crippen molar-refractivity contribution in [3.63, 3.8) is 0 Å². The van der Waals surface area contributed by atoms with Crippen molar-refractivity contribution in [1.29, 1.82) is 0 Å². The van der Waals surface area contributed by atoms with E-state index >= 15 is 0 Å². The first-order valence-corrected chi connectivity index (χ1v) is 8.59. The fourth-order valence-electron chi connectivity index (χ4n) is 2.43. The highest BCUT2D eigenvalue weighted by molar-refractivity contribution is 9.10. The van der Waals surface area contributed by atoms with Gasteiger partial charge in [-0.25, -0.2) is 5.43 Å². The van der Waals surface area contributed by atoms with Crippen LogP contribution in [0, 0.1) is 13.8 Å². The molecule has 2 aromatic carbocycles. The van der Waals surface area contributed by atoms with Gasteiger partial charge >= 0.3 is 0 Å². The SMILES string of the molecule is Cc1ccc(-c2ccc(/C=N\NC(=O)c3ccccc3C)o2)c(Br)c1. The van der Waals surface area contributed by atoms with Gasteiger partial charge in [0.1, 0.15) is 11.5 Å². The molecule has 0 unspecified atom stereocenters. The van der Waals surface area contributed by atoms with Gasteiger partial charge in [0, 0.05) is 15.6 Å². The highest BCUT2D eigenvalue weighted by atomic mass is 79.9. The molecule has 0 bridgehead atoms. The normalized spacial score (nSPS) is 11.0. The van der Waals surface area contributed by atoms with Crippen LogP contribution in [0.4, 0.5) is 0 Å². The smallest absolute Gasteiger partial charge is 0.271 e. The molecule has 1 heterocycles. The molecule has 5 heteroatoms. The van der Waals surface area contributed by atoms with Crippen molar-refractivity contribution in [2.45, 2.75) is 13.8 Å². The van der Waals surface area contributed by atoms with Crippen LogP contribution in [0.25, 0.3) is 11.3 Å². The van der Waals surface area contributed by atoms with Crippen molar-refractivity contribution in [2.24, 2.45) is 5.10 Å². The molecule has 4 nitrogen and oxygen atoms in total. The number of benzene rings is 2. The van der Waals surface area contributed by atoms with E-state index in [2.05, 4.69) is 26.5 Å². The number of rotatable bonds is 4. The first-order valence-electron chi connectivity index (χ1n) is 7.80. The fraction of sp³-hybridized carbons (Fsp3) is 0.100. The van der Waals surface area contributed by atoms with E-state index in [9.17, 15) is 4.79 Å². The van der Waals surface area contributed by atoms with Gasteiger partial charge in [-0.3, -0.25) is 4.79 Å². The van der Waals surface area contributed by atoms with Gasteiger partial charge in [0.15, 0.2) is 0 Å². The third-order valence-electron chi connectivity index (χ3n) is 3.76. The molecule has 3 rings (SSSR count). The van der Waals surface area contributed by atoms with E-state index < -0.39 is 0 Å². The summed E-state index contributed by atoms with van der Waals surface area (Å²) in [6.45, 7) is 3.92. The minimum Gasteiger partial charge on any atom is -0.455 e. The molecule has 0 spiro atoms. The Morgan fingerprint density at radius 1 is 1.12 bits per heavy atom. The standard InChI is InChI=1S/C20H17BrN2O2/c1-13-7-9-17(18(21)11-13)19-10-8-15(25-19)12-22-23-20(24)16-6-4-3-5-14(16)2/h3-12H,1-2H3,(H,23,24)/b22-12-. The minimum atomic E-state index is -0.248. The van der Waals surface area contributed by atoms with Crippen molar-refractivity contribution in [3.05, 3.63) is 81.5 Å². The Hall–Kier alpha value is -2.66. The first kappa shape index (κ1) is 17.2. The lowest BCUT2D eigenvalue weighted by Crippen LogP contribution is -2.18. The lowest BCUT2D eigenvalue weighted by molar-refractivity contribution is 0.0954. The molecule has 25 heavy (non-hydrogen) atoms. The predicted octanol–water partition coefficient (Wildman–Crippen LogP) is 5.09. The quantitative estimate of drug-likeness (QED) is 0.493. The molecule has 126 valence electrons. The summed E-state index contributed by atoms with van der Waals surface area (Å²) in [4.78, 5) is 12.1. The van der Waals surface area contributed by atoms with Crippen molar-refractivity contribution in [2.75, 3.05) is 0 Å². The van der Waals surface area contributed by atoms with Crippen molar-refractivity contribution >= 4 is 28.1 Å². The highest BCUT2D eigenvalue weighted by Crippen LogP contribution is 2.30. The third kappa shape index (κ3) is 4.06. The van der Waals surface area contributed by atoms with Crippen molar-refractivity contribution in [1.82, 2.24) is 5.43 Å². The maximum absolute atomic E-state index is 12.1. The van der Waals surface area contributed by atoms with Gasteiger partial charge in [-0.15, -0.1) is 0 Å². The Morgan fingerprint density at radius 2 is 1.92 bits per heavy atom. The maximum Gasteiger partial charge on any atom is 0.271 e. The number of nitrogens with one attached hydrogen (secondary N) is 1. The van der Waals surface area contributed by atoms with E-state index in [0.717, 1.165) is 21.4 Å². The second-order valence-corrected chi connectivity index (χ2v) is 6.55. The number of aryl methyl sites for hydroxylation is 2. The maximum atomic E-state index is 12.1. The van der Waals surface area contributed by atoms with Gasteiger partial charge in [0.05, 0.1) is 6.21 Å². The molecule has 1 aromatic heterocycles. The second kappa shape index (κ2) is 7.49. The molecule has 0 aliphatic heterocycles. The predicted molar refractivity (Wildman–Crippen MR) is 103 cm³/mol. The molecular formula is C20H17BrN2O2. The van der Waals surface area contributed by atoms with Crippen LogP contribution in [0.2, 0.25) is 0 Å². The van der Waals surface area contributed by atoms with Crippen LogP contribution in [0.3, 0.4) is 0 Å². The van der Waals surface area contributed by atoms with E-state index in [1.807, 2.05) is 62.4 Å². The Balaban J connectivity index is 1.70. The lowest BCUT2D eigenvalue weighted by Gasteiger charge is -2.03. The van der Waals surface area contributed by atoms with Gasteiger partial charge in [0.25, 0.3) is 5.91 Å². The van der Waals surface area contributed by atoms with E-state index in [1.54, 1.807) is 6.07 Å². The summed E-state index contributed by atoms with van der Waals surface area (Å²) in [6, 6.07) is 17.1. The summed E-state index contributed by atoms with van der Waals surface area (Å²) in [5.74, 6) is 1.05. The van der Waals surface area contributed by atoms with Gasteiger partial charge in [-0.1, -0.05) is 40.2 Å². The number of hydrogen-bond acceptors (Lipinski definition) is 3. The molecule has 3 aromatic rings. The first-order chi connectivity index (χ1) is 12.0. The lowest BCUT2D eigenvalue weighted by atomic mass is 10.1. The summed E-state index contributed by atoms with van der Waals surface area (Å²) in [7, 11) is 0. The molecule has 0 radical (unpaired) electrons. The number of amides is 1. The van der Waals surface area contributed by atoms with Crippen LogP contribution in [-0.2, 0) is 0 Å². The van der Waals surface area contributed by atoms with Crippen LogP contribution >= 0.6 is 15.9 Å². The summed E-state index contributed by atoms with van der Waals surface area (Å²) in [6.07, 6.45) is 1.49. The van der Waals surface area contributed by atoms with Crippen LogP contribution in [0.15, 0.2) is 68.6 Å². The number of carbonyl (C=O) groups is 1. The summed E-state index contributed by atoms with van der Waals surface area (Å²) in [5.41, 5.74) is 6.16. The monoisotopic (exact) mass is 396 g/mol. The zero-order chi connectivity index (χ0) is 17.8. The molecule has 0 fully saturated rings. The van der Waals surface area contributed by atoms with Crippen LogP contribution in [-0.4, -0.2) is 12.1 Å². The van der Waals surface area contributed by atoms with Crippen LogP contribution in [0.1, 0.15) is 27.2 Å². The molecular weight excluding hydrogens is 380 g/mol. The van der Waals surface area contributed by atoms with Gasteiger partial charge in [-0.2, -0.15) is 5.10 Å². The average molecular weight is 397 g/mol. The number of hydrazone groups is 1. The molecule has 0 saturated heterocycles. The zero-order valence-corrected chi connectivity index (χ0v) is 15.5. The Kier molecular flexibility index (Phi) is 5.14. The van der Waals surface area contributed by atoms with Crippen LogP contribution in [0.5, 0.6) is 0 Å². The third-order valence-corrected chi connectivity index (χ3v) is 4.42. The number of hydrogen-bond donors (Lipinski definition) is 1. The summed E-state index contributed by atoms with van der Waals surface area (Å²) < 4.78 is 6.74. The van der Waals surface area contributed by atoms with E-state index in [1.165, 1.54) is 11.8 Å². The molecule has 0 atom stereocenters. The number of carbonyl (C=O) groups excluding carboxylic acids is 1. The number of nitrogens with zero attached hydrogens (tertiary/aromatic N) is 1. The second-order valence-electron chi connectivity index (χ2n) is 5.70. The minimum absolute atomic E-state index is 0.248. The molecule has 1 amide bonds. The fourth-order valence-corrected chi connectivity index (χ4v) is 3.12. The van der Waals surface area contributed by atoms with Gasteiger partial charge in [-0.05, 0) is 55.3 Å². The highest BCUT2D eigenvalue weighted by Gasteiger charge is 2.09. The Bertz CT molecular complexity index is 944. The zero-order valence-electron chi connectivity index (χ0n) is 13.9. The molecule has 0 aliphatic rings. The Labute approximate surface area is 154 Å². The number of furan rings is 1. The topological polar surface area (TPSA) is 54.6 Å². The Morgan fingerprint density at radius 3 is 2.68 bits per heavy atom. The van der Waals surface area contributed by atoms with Crippen LogP contribution < -0.4 is 5.43 Å². The van der Waals surface area contributed by atoms with E-state index in [0.29, 0.717) is 11.3 Å².